The highest BCUT2D eigenvalue weighted by Gasteiger charge is 2.16. The smallest absolute Gasteiger partial charge is 0.222 e. The minimum absolute atomic E-state index is 0.100. The van der Waals surface area contributed by atoms with Crippen LogP contribution in [0.15, 0.2) is 34.3 Å². The molecule has 0 spiro atoms. The molecule has 19 heavy (non-hydrogen) atoms. The quantitative estimate of drug-likeness (QED) is 0.356. The van der Waals surface area contributed by atoms with Gasteiger partial charge >= 0.3 is 0 Å². The van der Waals surface area contributed by atoms with Crippen molar-refractivity contribution in [3.63, 3.8) is 0 Å². The van der Waals surface area contributed by atoms with Gasteiger partial charge in [0.1, 0.15) is 5.84 Å². The van der Waals surface area contributed by atoms with Gasteiger partial charge in [-0.2, -0.15) is 4.99 Å². The predicted octanol–water partition coefficient (Wildman–Crippen LogP) is 0.714. The van der Waals surface area contributed by atoms with Gasteiger partial charge < -0.3 is 22.5 Å². The number of guanidine groups is 1. The lowest BCUT2D eigenvalue weighted by Crippen LogP contribution is -2.45. The molecule has 102 valence electrons. The van der Waals surface area contributed by atoms with Crippen LogP contribution in [0.5, 0.6) is 0 Å². The van der Waals surface area contributed by atoms with E-state index in [0.29, 0.717) is 17.2 Å². The van der Waals surface area contributed by atoms with E-state index in [0.717, 1.165) is 19.4 Å². The molecule has 0 radical (unpaired) electrons. The maximum absolute atomic E-state index is 5.93. The van der Waals surface area contributed by atoms with Crippen molar-refractivity contribution < 1.29 is 0 Å². The number of nitrogen functional groups attached to an aromatic ring is 1. The topological polar surface area (TPSA) is 115 Å². The van der Waals surface area contributed by atoms with Crippen molar-refractivity contribution in [3.05, 3.63) is 24.3 Å². The van der Waals surface area contributed by atoms with Gasteiger partial charge in [-0.05, 0) is 37.6 Å². The summed E-state index contributed by atoms with van der Waals surface area (Å²) in [6.45, 7) is 0.965. The van der Waals surface area contributed by atoms with E-state index >= 15 is 0 Å². The van der Waals surface area contributed by atoms with Crippen LogP contribution in [0.4, 0.5) is 11.4 Å². The molecular formula is C13H20N6. The first kappa shape index (κ1) is 13.4. The van der Waals surface area contributed by atoms with Gasteiger partial charge in [0.15, 0.2) is 0 Å². The van der Waals surface area contributed by atoms with E-state index in [1.165, 1.54) is 6.42 Å². The third-order valence-corrected chi connectivity index (χ3v) is 3.02. The van der Waals surface area contributed by atoms with E-state index in [2.05, 4.69) is 15.3 Å². The molecule has 6 heteroatoms. The fourth-order valence-electron chi connectivity index (χ4n) is 2.07. The summed E-state index contributed by atoms with van der Waals surface area (Å²) in [4.78, 5) is 8.32. The Morgan fingerprint density at radius 2 is 2.11 bits per heavy atom. The third kappa shape index (κ3) is 3.96. The first-order valence-electron chi connectivity index (χ1n) is 6.42. The minimum atomic E-state index is 0.100. The van der Waals surface area contributed by atoms with Crippen LogP contribution in [0.3, 0.4) is 0 Å². The van der Waals surface area contributed by atoms with Crippen LogP contribution in [0.2, 0.25) is 0 Å². The molecule has 1 aromatic rings. The van der Waals surface area contributed by atoms with E-state index in [9.17, 15) is 0 Å². The number of hydrogen-bond acceptors (Lipinski definition) is 3. The Balaban J connectivity index is 2.08. The fourth-order valence-corrected chi connectivity index (χ4v) is 2.07. The first-order valence-corrected chi connectivity index (χ1v) is 6.42. The zero-order valence-corrected chi connectivity index (χ0v) is 10.8. The molecule has 7 N–H and O–H groups in total. The minimum Gasteiger partial charge on any atom is -0.399 e. The normalized spacial score (nSPS) is 21.4. The summed E-state index contributed by atoms with van der Waals surface area (Å²) in [6, 6.07) is 7.25. The molecule has 1 aromatic carbocycles. The van der Waals surface area contributed by atoms with Gasteiger partial charge in [-0.15, -0.1) is 0 Å². The summed E-state index contributed by atoms with van der Waals surface area (Å²) in [5, 5.41) is 3.31. The lowest BCUT2D eigenvalue weighted by Gasteiger charge is -2.22. The van der Waals surface area contributed by atoms with Crippen molar-refractivity contribution in [1.82, 2.24) is 5.32 Å². The van der Waals surface area contributed by atoms with Crippen molar-refractivity contribution in [3.8, 4) is 0 Å². The second kappa shape index (κ2) is 6.19. The number of hydrogen-bond donors (Lipinski definition) is 4. The zero-order valence-electron chi connectivity index (χ0n) is 10.8. The van der Waals surface area contributed by atoms with Gasteiger partial charge in [-0.25, -0.2) is 4.99 Å². The van der Waals surface area contributed by atoms with E-state index in [-0.39, 0.29) is 12.0 Å². The van der Waals surface area contributed by atoms with Crippen LogP contribution in [0.1, 0.15) is 19.3 Å². The van der Waals surface area contributed by atoms with Crippen LogP contribution >= 0.6 is 0 Å². The van der Waals surface area contributed by atoms with Gasteiger partial charge in [-0.3, -0.25) is 0 Å². The summed E-state index contributed by atoms with van der Waals surface area (Å²) in [5.74, 6) is 0.639. The molecule has 0 aromatic heterocycles. The number of amidine groups is 1. The van der Waals surface area contributed by atoms with Crippen LogP contribution < -0.4 is 22.5 Å². The average Bonchev–Trinajstić information content (AvgIpc) is 2.39. The monoisotopic (exact) mass is 260 g/mol. The van der Waals surface area contributed by atoms with Crippen molar-refractivity contribution in [2.75, 3.05) is 12.3 Å². The average molecular weight is 260 g/mol. The molecule has 1 fully saturated rings. The lowest BCUT2D eigenvalue weighted by molar-refractivity contribution is 0.470. The number of nitrogens with one attached hydrogen (secondary N) is 1. The number of nitrogens with two attached hydrogens (primary N) is 3. The maximum Gasteiger partial charge on any atom is 0.222 e. The number of nitrogens with zero attached hydrogens (tertiary/aromatic N) is 2. The molecule has 2 rings (SSSR count). The Morgan fingerprint density at radius 1 is 1.26 bits per heavy atom. The molecule has 0 saturated carbocycles. The molecule has 1 unspecified atom stereocenters. The summed E-state index contributed by atoms with van der Waals surface area (Å²) in [7, 11) is 0. The maximum atomic E-state index is 5.93. The molecule has 1 aliphatic rings. The molecule has 1 heterocycles. The highest BCUT2D eigenvalue weighted by Crippen LogP contribution is 2.15. The molecule has 1 atom stereocenters. The van der Waals surface area contributed by atoms with Gasteiger partial charge in [0, 0.05) is 5.69 Å². The molecule has 6 nitrogen and oxygen atoms in total. The van der Waals surface area contributed by atoms with Gasteiger partial charge in [0.05, 0.1) is 11.7 Å². The van der Waals surface area contributed by atoms with E-state index in [1.807, 2.05) is 12.1 Å². The van der Waals surface area contributed by atoms with Gasteiger partial charge in [-0.1, -0.05) is 12.5 Å². The van der Waals surface area contributed by atoms with E-state index in [1.54, 1.807) is 12.1 Å². The van der Waals surface area contributed by atoms with Crippen LogP contribution in [0, 0.1) is 0 Å². The summed E-state index contributed by atoms with van der Waals surface area (Å²) < 4.78 is 0. The number of piperidine rings is 1. The van der Waals surface area contributed by atoms with Crippen molar-refractivity contribution >= 4 is 23.2 Å². The second-order valence-electron chi connectivity index (χ2n) is 4.60. The Morgan fingerprint density at radius 3 is 2.79 bits per heavy atom. The first-order chi connectivity index (χ1) is 9.15. The highest BCUT2D eigenvalue weighted by molar-refractivity contribution is 5.98. The standard InChI is InChI=1S/C13H20N6/c14-9-4-3-5-10(8-9)18-13(16)19-12(15)11-6-1-2-7-17-11/h3-5,8,11,17H,1-2,6-7,14H2,(H4,15,16,18,19). The number of benzene rings is 1. The predicted molar refractivity (Wildman–Crippen MR) is 79.4 cm³/mol. The molecule has 0 amide bonds. The van der Waals surface area contributed by atoms with Crippen LogP contribution in [-0.2, 0) is 0 Å². The van der Waals surface area contributed by atoms with Crippen LogP contribution in [-0.4, -0.2) is 24.4 Å². The van der Waals surface area contributed by atoms with Crippen LogP contribution in [0.25, 0.3) is 0 Å². The van der Waals surface area contributed by atoms with Crippen molar-refractivity contribution in [2.45, 2.75) is 25.3 Å². The van der Waals surface area contributed by atoms with Crippen molar-refractivity contribution in [1.29, 1.82) is 0 Å². The molecule has 0 bridgehead atoms. The highest BCUT2D eigenvalue weighted by atomic mass is 15.1. The summed E-state index contributed by atoms with van der Waals surface area (Å²) in [6.07, 6.45) is 3.32. The van der Waals surface area contributed by atoms with E-state index < -0.39 is 0 Å². The molecule has 1 aliphatic heterocycles. The van der Waals surface area contributed by atoms with Gasteiger partial charge in [0.2, 0.25) is 5.96 Å². The van der Waals surface area contributed by atoms with Gasteiger partial charge in [0.25, 0.3) is 0 Å². The number of aliphatic imine (C=N–C) groups is 2. The SMILES string of the molecule is NC(=Nc1cccc(N)c1)N=C(N)C1CCCCN1. The Hall–Kier alpha value is -2.08. The van der Waals surface area contributed by atoms with Crippen molar-refractivity contribution in [2.24, 2.45) is 21.5 Å². The lowest BCUT2D eigenvalue weighted by atomic mass is 10.0. The Labute approximate surface area is 112 Å². The molecule has 1 saturated heterocycles. The van der Waals surface area contributed by atoms with E-state index in [4.69, 9.17) is 17.2 Å². The third-order valence-electron chi connectivity index (χ3n) is 3.02. The molecular weight excluding hydrogens is 240 g/mol. The zero-order chi connectivity index (χ0) is 13.7. The number of rotatable bonds is 2. The molecule has 0 aliphatic carbocycles. The Kier molecular flexibility index (Phi) is 4.35. The summed E-state index contributed by atoms with van der Waals surface area (Å²) in [5.41, 5.74) is 18.7. The second-order valence-corrected chi connectivity index (χ2v) is 4.60. The fraction of sp³-hybridized carbons (Fsp3) is 0.385. The largest absolute Gasteiger partial charge is 0.399 e. The number of anilines is 1. The summed E-state index contributed by atoms with van der Waals surface area (Å²) >= 11 is 0. The Bertz CT molecular complexity index is 488.